The lowest BCUT2D eigenvalue weighted by Gasteiger charge is -2.30. The summed E-state index contributed by atoms with van der Waals surface area (Å²) in [4.78, 5) is 26.5. The van der Waals surface area contributed by atoms with Crippen LogP contribution in [0.15, 0.2) is 24.3 Å². The normalized spacial score (nSPS) is 22.2. The van der Waals surface area contributed by atoms with Crippen molar-refractivity contribution in [2.45, 2.75) is 25.9 Å². The highest BCUT2D eigenvalue weighted by atomic mass is 16.5. The molecule has 1 atom stereocenters. The van der Waals surface area contributed by atoms with Crippen LogP contribution in [-0.2, 0) is 9.53 Å². The summed E-state index contributed by atoms with van der Waals surface area (Å²) in [6, 6.07) is 7.09. The van der Waals surface area contributed by atoms with E-state index in [1.165, 1.54) is 0 Å². The Morgan fingerprint density at radius 3 is 2.54 bits per heavy atom. The van der Waals surface area contributed by atoms with Crippen molar-refractivity contribution >= 4 is 17.5 Å². The smallest absolute Gasteiger partial charge is 0.254 e. The zero-order valence-corrected chi connectivity index (χ0v) is 14.1. The Morgan fingerprint density at radius 2 is 1.92 bits per heavy atom. The van der Waals surface area contributed by atoms with Gasteiger partial charge in [0.15, 0.2) is 0 Å². The van der Waals surface area contributed by atoms with E-state index < -0.39 is 6.10 Å². The molecule has 0 saturated carbocycles. The fourth-order valence-electron chi connectivity index (χ4n) is 3.05. The molecule has 0 radical (unpaired) electrons. The summed E-state index contributed by atoms with van der Waals surface area (Å²) in [6.07, 6.45) is 1.67. The maximum absolute atomic E-state index is 12.5. The van der Waals surface area contributed by atoms with Crippen LogP contribution in [0.4, 0.5) is 5.69 Å². The van der Waals surface area contributed by atoms with E-state index in [1.54, 1.807) is 24.3 Å². The number of likely N-dealkylation sites (tertiary alicyclic amines) is 1. The van der Waals surface area contributed by atoms with Crippen molar-refractivity contribution in [3.05, 3.63) is 29.8 Å². The Labute approximate surface area is 142 Å². The first-order valence-electron chi connectivity index (χ1n) is 8.66. The van der Waals surface area contributed by atoms with Crippen LogP contribution in [0.1, 0.15) is 30.1 Å². The van der Waals surface area contributed by atoms with Crippen molar-refractivity contribution in [3.8, 4) is 0 Å². The van der Waals surface area contributed by atoms with E-state index in [0.29, 0.717) is 30.3 Å². The number of rotatable bonds is 3. The lowest BCUT2D eigenvalue weighted by Crippen LogP contribution is -2.45. The summed E-state index contributed by atoms with van der Waals surface area (Å²) >= 11 is 0. The maximum atomic E-state index is 12.5. The second kappa shape index (κ2) is 7.77. The van der Waals surface area contributed by atoms with Crippen LogP contribution >= 0.6 is 0 Å². The third-order valence-corrected chi connectivity index (χ3v) is 4.69. The Morgan fingerprint density at radius 1 is 1.21 bits per heavy atom. The third-order valence-electron chi connectivity index (χ3n) is 4.69. The number of hydrogen-bond acceptors (Lipinski definition) is 4. The van der Waals surface area contributed by atoms with Crippen molar-refractivity contribution < 1.29 is 14.3 Å². The summed E-state index contributed by atoms with van der Waals surface area (Å²) in [5, 5.41) is 5.96. The Balaban J connectivity index is 1.56. The standard InChI is InChI=1S/C18H25N3O3/c1-13-6-9-21(10-7-13)18(23)14-2-4-15(5-3-14)20-17(22)16-12-19-8-11-24-16/h2-5,13,16,19H,6-12H2,1H3,(H,20,22). The van der Waals surface area contributed by atoms with E-state index in [1.807, 2.05) is 4.90 Å². The molecular weight excluding hydrogens is 306 g/mol. The van der Waals surface area contributed by atoms with Gasteiger partial charge in [-0.05, 0) is 43.0 Å². The van der Waals surface area contributed by atoms with Crippen LogP contribution in [0.5, 0.6) is 0 Å². The molecule has 2 amide bonds. The first-order valence-corrected chi connectivity index (χ1v) is 8.66. The van der Waals surface area contributed by atoms with Gasteiger partial charge in [-0.15, -0.1) is 0 Å². The summed E-state index contributed by atoms with van der Waals surface area (Å²) < 4.78 is 5.43. The quantitative estimate of drug-likeness (QED) is 0.880. The highest BCUT2D eigenvalue weighted by Gasteiger charge is 2.23. The molecule has 6 nitrogen and oxygen atoms in total. The molecule has 0 aliphatic carbocycles. The lowest BCUT2D eigenvalue weighted by molar-refractivity contribution is -0.128. The minimum absolute atomic E-state index is 0.0691. The van der Waals surface area contributed by atoms with E-state index in [0.717, 1.165) is 32.5 Å². The molecule has 2 N–H and O–H groups in total. The van der Waals surface area contributed by atoms with Gasteiger partial charge in [0, 0.05) is 37.4 Å². The number of carbonyl (C=O) groups excluding carboxylic acids is 2. The van der Waals surface area contributed by atoms with E-state index in [2.05, 4.69) is 17.6 Å². The van der Waals surface area contributed by atoms with Crippen molar-refractivity contribution in [2.75, 3.05) is 38.1 Å². The van der Waals surface area contributed by atoms with Crippen LogP contribution in [0.2, 0.25) is 0 Å². The van der Waals surface area contributed by atoms with Gasteiger partial charge < -0.3 is 20.3 Å². The van der Waals surface area contributed by atoms with Gasteiger partial charge in [0.05, 0.1) is 6.61 Å². The lowest BCUT2D eigenvalue weighted by atomic mass is 9.98. The van der Waals surface area contributed by atoms with E-state index in [4.69, 9.17) is 4.74 Å². The predicted octanol–water partition coefficient (Wildman–Crippen LogP) is 1.49. The van der Waals surface area contributed by atoms with Crippen molar-refractivity contribution in [3.63, 3.8) is 0 Å². The molecule has 2 aliphatic rings. The summed E-state index contributed by atoms with van der Waals surface area (Å²) in [5.41, 5.74) is 1.34. The molecule has 1 unspecified atom stereocenters. The Bertz CT molecular complexity index is 574. The number of hydrogen-bond donors (Lipinski definition) is 2. The molecule has 2 aliphatic heterocycles. The second-order valence-electron chi connectivity index (χ2n) is 6.60. The predicted molar refractivity (Wildman–Crippen MR) is 92.0 cm³/mol. The fraction of sp³-hybridized carbons (Fsp3) is 0.556. The van der Waals surface area contributed by atoms with Crippen LogP contribution in [0.25, 0.3) is 0 Å². The van der Waals surface area contributed by atoms with Gasteiger partial charge in [-0.1, -0.05) is 6.92 Å². The number of amides is 2. The number of carbonyl (C=O) groups is 2. The molecule has 3 rings (SSSR count). The molecule has 130 valence electrons. The molecule has 2 saturated heterocycles. The molecule has 2 heterocycles. The zero-order valence-electron chi connectivity index (χ0n) is 14.1. The number of morpholine rings is 1. The van der Waals surface area contributed by atoms with E-state index in [9.17, 15) is 9.59 Å². The monoisotopic (exact) mass is 331 g/mol. The number of ether oxygens (including phenoxy) is 1. The van der Waals surface area contributed by atoms with Gasteiger partial charge in [0.1, 0.15) is 6.10 Å². The van der Waals surface area contributed by atoms with Gasteiger partial charge >= 0.3 is 0 Å². The number of anilines is 1. The van der Waals surface area contributed by atoms with Gasteiger partial charge in [0.25, 0.3) is 11.8 Å². The van der Waals surface area contributed by atoms with Crippen LogP contribution in [-0.4, -0.2) is 55.6 Å². The largest absolute Gasteiger partial charge is 0.366 e. The average Bonchev–Trinajstić information content (AvgIpc) is 2.63. The van der Waals surface area contributed by atoms with Gasteiger partial charge in [-0.3, -0.25) is 9.59 Å². The molecule has 1 aromatic rings. The highest BCUT2D eigenvalue weighted by molar-refractivity contribution is 5.97. The molecule has 1 aromatic carbocycles. The summed E-state index contributed by atoms with van der Waals surface area (Å²) in [6.45, 7) is 5.71. The Kier molecular flexibility index (Phi) is 5.48. The summed E-state index contributed by atoms with van der Waals surface area (Å²) in [7, 11) is 0. The number of piperidine rings is 1. The molecule has 6 heteroatoms. The van der Waals surface area contributed by atoms with Crippen LogP contribution in [0.3, 0.4) is 0 Å². The molecular formula is C18H25N3O3. The van der Waals surface area contributed by atoms with Crippen LogP contribution in [0, 0.1) is 5.92 Å². The first-order chi connectivity index (χ1) is 11.6. The van der Waals surface area contributed by atoms with E-state index in [-0.39, 0.29) is 11.8 Å². The second-order valence-corrected chi connectivity index (χ2v) is 6.60. The minimum atomic E-state index is -0.463. The number of nitrogens with zero attached hydrogens (tertiary/aromatic N) is 1. The maximum Gasteiger partial charge on any atom is 0.254 e. The van der Waals surface area contributed by atoms with Crippen molar-refractivity contribution in [2.24, 2.45) is 5.92 Å². The van der Waals surface area contributed by atoms with Gasteiger partial charge in [-0.25, -0.2) is 0 Å². The molecule has 0 aromatic heterocycles. The average molecular weight is 331 g/mol. The van der Waals surface area contributed by atoms with Gasteiger partial charge in [-0.2, -0.15) is 0 Å². The summed E-state index contributed by atoms with van der Waals surface area (Å²) in [5.74, 6) is 0.606. The minimum Gasteiger partial charge on any atom is -0.366 e. The first kappa shape index (κ1) is 16.9. The molecule has 0 spiro atoms. The number of benzene rings is 1. The fourth-order valence-corrected chi connectivity index (χ4v) is 3.05. The SMILES string of the molecule is CC1CCN(C(=O)c2ccc(NC(=O)C3CNCCO3)cc2)CC1. The van der Waals surface area contributed by atoms with Crippen molar-refractivity contribution in [1.82, 2.24) is 10.2 Å². The number of nitrogens with one attached hydrogen (secondary N) is 2. The van der Waals surface area contributed by atoms with Gasteiger partial charge in [0.2, 0.25) is 0 Å². The third kappa shape index (κ3) is 4.13. The van der Waals surface area contributed by atoms with Crippen molar-refractivity contribution in [1.29, 1.82) is 0 Å². The topological polar surface area (TPSA) is 70.7 Å². The molecule has 0 bridgehead atoms. The van der Waals surface area contributed by atoms with E-state index >= 15 is 0 Å². The molecule has 24 heavy (non-hydrogen) atoms. The molecule has 2 fully saturated rings. The Hall–Kier alpha value is -1.92. The zero-order chi connectivity index (χ0) is 16.9. The van der Waals surface area contributed by atoms with Crippen LogP contribution < -0.4 is 10.6 Å². The highest BCUT2D eigenvalue weighted by Crippen LogP contribution is 2.19.